The van der Waals surface area contributed by atoms with E-state index in [-0.39, 0.29) is 6.61 Å². The Morgan fingerprint density at radius 2 is 2.25 bits per heavy atom. The van der Waals surface area contributed by atoms with E-state index in [9.17, 15) is 0 Å². The fourth-order valence-electron chi connectivity index (χ4n) is 1.39. The molecule has 4 nitrogen and oxygen atoms in total. The molecule has 3 N–H and O–H groups in total. The minimum absolute atomic E-state index is 0.202. The molecule has 1 atom stereocenters. The summed E-state index contributed by atoms with van der Waals surface area (Å²) in [4.78, 5) is 0. The van der Waals surface area contributed by atoms with Crippen LogP contribution in [0.5, 0.6) is 5.75 Å². The van der Waals surface area contributed by atoms with E-state index in [0.717, 1.165) is 18.7 Å². The third kappa shape index (κ3) is 4.61. The van der Waals surface area contributed by atoms with Crippen molar-refractivity contribution in [1.29, 1.82) is 0 Å². The Balaban J connectivity index is 2.26. The van der Waals surface area contributed by atoms with Crippen LogP contribution in [0.3, 0.4) is 0 Å². The molecule has 0 aromatic heterocycles. The van der Waals surface area contributed by atoms with Gasteiger partial charge in [0, 0.05) is 6.54 Å². The highest BCUT2D eigenvalue weighted by Crippen LogP contribution is 2.12. The van der Waals surface area contributed by atoms with Crippen LogP contribution in [0.4, 0.5) is 0 Å². The smallest absolute Gasteiger partial charge is 0.119 e. The molecule has 0 fully saturated rings. The van der Waals surface area contributed by atoms with Crippen LogP contribution < -0.4 is 10.1 Å². The molecule has 1 aromatic rings. The Morgan fingerprint density at radius 3 is 2.94 bits per heavy atom. The average Bonchev–Trinajstić information content (AvgIpc) is 2.34. The van der Waals surface area contributed by atoms with Gasteiger partial charge >= 0.3 is 0 Å². The summed E-state index contributed by atoms with van der Waals surface area (Å²) >= 11 is 0. The summed E-state index contributed by atoms with van der Waals surface area (Å²) in [6.45, 7) is 0.983. The van der Waals surface area contributed by atoms with Gasteiger partial charge in [-0.2, -0.15) is 0 Å². The van der Waals surface area contributed by atoms with E-state index >= 15 is 0 Å². The Kier molecular flexibility index (Phi) is 5.85. The predicted molar refractivity (Wildman–Crippen MR) is 62.7 cm³/mol. The van der Waals surface area contributed by atoms with Gasteiger partial charge in [-0.15, -0.1) is 0 Å². The van der Waals surface area contributed by atoms with Crippen LogP contribution in [0.1, 0.15) is 5.56 Å². The highest BCUT2D eigenvalue weighted by Gasteiger charge is 2.00. The molecule has 16 heavy (non-hydrogen) atoms. The first-order chi connectivity index (χ1) is 7.76. The lowest BCUT2D eigenvalue weighted by Crippen LogP contribution is -2.30. The lowest BCUT2D eigenvalue weighted by molar-refractivity contribution is 0.0947. The van der Waals surface area contributed by atoms with Gasteiger partial charge in [0.05, 0.1) is 19.8 Å². The van der Waals surface area contributed by atoms with E-state index in [1.807, 2.05) is 24.3 Å². The number of aliphatic hydroxyl groups excluding tert-OH is 2. The summed E-state index contributed by atoms with van der Waals surface area (Å²) in [5.74, 6) is 0.855. The van der Waals surface area contributed by atoms with Gasteiger partial charge in [-0.1, -0.05) is 12.1 Å². The van der Waals surface area contributed by atoms with Crippen molar-refractivity contribution >= 4 is 0 Å². The van der Waals surface area contributed by atoms with Gasteiger partial charge in [-0.05, 0) is 30.7 Å². The van der Waals surface area contributed by atoms with Crippen LogP contribution >= 0.6 is 0 Å². The summed E-state index contributed by atoms with van der Waals surface area (Å²) in [6, 6.07) is 7.89. The minimum Gasteiger partial charge on any atom is -0.497 e. The van der Waals surface area contributed by atoms with Crippen molar-refractivity contribution in [3.05, 3.63) is 29.8 Å². The van der Waals surface area contributed by atoms with Gasteiger partial charge in [0.15, 0.2) is 0 Å². The lowest BCUT2D eigenvalue weighted by atomic mass is 10.1. The zero-order chi connectivity index (χ0) is 11.8. The summed E-state index contributed by atoms with van der Waals surface area (Å²) in [5.41, 5.74) is 1.19. The summed E-state index contributed by atoms with van der Waals surface area (Å²) in [5, 5.41) is 20.8. The van der Waals surface area contributed by atoms with Crippen molar-refractivity contribution < 1.29 is 14.9 Å². The fraction of sp³-hybridized carbons (Fsp3) is 0.500. The number of hydrogen-bond donors (Lipinski definition) is 3. The number of rotatable bonds is 7. The van der Waals surface area contributed by atoms with Crippen LogP contribution in [0.25, 0.3) is 0 Å². The summed E-state index contributed by atoms with van der Waals surface area (Å²) in [7, 11) is 1.65. The van der Waals surface area contributed by atoms with Crippen LogP contribution in [0.2, 0.25) is 0 Å². The van der Waals surface area contributed by atoms with Gasteiger partial charge in [0.2, 0.25) is 0 Å². The lowest BCUT2D eigenvalue weighted by Gasteiger charge is -2.09. The van der Waals surface area contributed by atoms with Crippen LogP contribution in [0.15, 0.2) is 24.3 Å². The molecule has 0 saturated heterocycles. The van der Waals surface area contributed by atoms with Crippen LogP contribution in [0, 0.1) is 0 Å². The Morgan fingerprint density at radius 1 is 1.44 bits per heavy atom. The third-order valence-electron chi connectivity index (χ3n) is 2.32. The summed E-state index contributed by atoms with van der Waals surface area (Å²) in [6.07, 6.45) is 0.195. The van der Waals surface area contributed by atoms with E-state index in [1.54, 1.807) is 7.11 Å². The first-order valence-electron chi connectivity index (χ1n) is 5.39. The molecule has 0 spiro atoms. The minimum atomic E-state index is -0.676. The SMILES string of the molecule is COc1cccc(CCNCC(O)CO)c1. The van der Waals surface area contributed by atoms with Gasteiger partial charge < -0.3 is 20.3 Å². The quantitative estimate of drug-likeness (QED) is 0.579. The molecular weight excluding hydrogens is 206 g/mol. The number of methoxy groups -OCH3 is 1. The zero-order valence-electron chi connectivity index (χ0n) is 9.52. The largest absolute Gasteiger partial charge is 0.497 e. The van der Waals surface area contributed by atoms with Crippen LogP contribution in [-0.4, -0.2) is 43.1 Å². The molecule has 0 heterocycles. The van der Waals surface area contributed by atoms with E-state index in [0.29, 0.717) is 6.54 Å². The number of ether oxygens (including phenoxy) is 1. The highest BCUT2D eigenvalue weighted by molar-refractivity contribution is 5.28. The monoisotopic (exact) mass is 225 g/mol. The zero-order valence-corrected chi connectivity index (χ0v) is 9.52. The van der Waals surface area contributed by atoms with Gasteiger partial charge in [0.1, 0.15) is 5.75 Å². The van der Waals surface area contributed by atoms with Crippen molar-refractivity contribution in [1.82, 2.24) is 5.32 Å². The molecule has 90 valence electrons. The second-order valence-electron chi connectivity index (χ2n) is 3.64. The molecule has 0 saturated carbocycles. The maximum absolute atomic E-state index is 9.10. The Hall–Kier alpha value is -1.10. The van der Waals surface area contributed by atoms with Crippen molar-refractivity contribution in [2.75, 3.05) is 26.8 Å². The van der Waals surface area contributed by atoms with E-state index < -0.39 is 6.10 Å². The standard InChI is InChI=1S/C12H19NO3/c1-16-12-4-2-3-10(7-12)5-6-13-8-11(15)9-14/h2-4,7,11,13-15H,5-6,8-9H2,1H3. The normalized spacial score (nSPS) is 12.4. The summed E-state index contributed by atoms with van der Waals surface area (Å²) < 4.78 is 5.12. The van der Waals surface area contributed by atoms with E-state index in [4.69, 9.17) is 14.9 Å². The fourth-order valence-corrected chi connectivity index (χ4v) is 1.39. The van der Waals surface area contributed by atoms with Crippen molar-refractivity contribution in [3.8, 4) is 5.75 Å². The second kappa shape index (κ2) is 7.22. The third-order valence-corrected chi connectivity index (χ3v) is 2.32. The molecule has 0 radical (unpaired) electrons. The van der Waals surface area contributed by atoms with Crippen molar-refractivity contribution in [3.63, 3.8) is 0 Å². The van der Waals surface area contributed by atoms with Gasteiger partial charge in [-0.25, -0.2) is 0 Å². The number of nitrogens with one attached hydrogen (secondary N) is 1. The molecule has 0 amide bonds. The molecule has 4 heteroatoms. The molecule has 1 aromatic carbocycles. The molecular formula is C12H19NO3. The van der Waals surface area contributed by atoms with Gasteiger partial charge in [0.25, 0.3) is 0 Å². The first-order valence-corrected chi connectivity index (χ1v) is 5.39. The van der Waals surface area contributed by atoms with Crippen LogP contribution in [-0.2, 0) is 6.42 Å². The Bertz CT molecular complexity index is 304. The first kappa shape index (κ1) is 13.0. The number of hydrogen-bond acceptors (Lipinski definition) is 4. The highest BCUT2D eigenvalue weighted by atomic mass is 16.5. The molecule has 1 unspecified atom stereocenters. The molecule has 0 aliphatic carbocycles. The van der Waals surface area contributed by atoms with Crippen molar-refractivity contribution in [2.45, 2.75) is 12.5 Å². The molecule has 0 bridgehead atoms. The molecule has 0 aliphatic heterocycles. The molecule has 0 aliphatic rings. The van der Waals surface area contributed by atoms with Crippen molar-refractivity contribution in [2.24, 2.45) is 0 Å². The van der Waals surface area contributed by atoms with E-state index in [1.165, 1.54) is 5.56 Å². The number of aliphatic hydroxyl groups is 2. The van der Waals surface area contributed by atoms with E-state index in [2.05, 4.69) is 5.32 Å². The maximum atomic E-state index is 9.10. The topological polar surface area (TPSA) is 61.7 Å². The molecule has 1 rings (SSSR count). The van der Waals surface area contributed by atoms with Gasteiger partial charge in [-0.3, -0.25) is 0 Å². The number of benzene rings is 1. The predicted octanol–water partition coefficient (Wildman–Crippen LogP) is 0.180. The maximum Gasteiger partial charge on any atom is 0.119 e. The Labute approximate surface area is 95.9 Å². The second-order valence-corrected chi connectivity index (χ2v) is 3.64. The average molecular weight is 225 g/mol.